The van der Waals surface area contributed by atoms with Gasteiger partial charge in [0.1, 0.15) is 0 Å². The van der Waals surface area contributed by atoms with E-state index in [1.165, 1.54) is 5.56 Å². The lowest BCUT2D eigenvalue weighted by atomic mass is 10.0. The Morgan fingerprint density at radius 2 is 2.10 bits per heavy atom. The fourth-order valence-electron chi connectivity index (χ4n) is 2.74. The maximum Gasteiger partial charge on any atom is 0.335 e. The summed E-state index contributed by atoms with van der Waals surface area (Å²) in [4.78, 5) is 11.2. The van der Waals surface area contributed by atoms with Gasteiger partial charge in [-0.1, -0.05) is 13.3 Å². The first kappa shape index (κ1) is 14.6. The van der Waals surface area contributed by atoms with Crippen LogP contribution in [0.5, 0.6) is 0 Å². The normalized spacial score (nSPS) is 11.2. The molecule has 2 aromatic rings. The van der Waals surface area contributed by atoms with E-state index < -0.39 is 5.97 Å². The average Bonchev–Trinajstić information content (AvgIpc) is 2.75. The minimum absolute atomic E-state index is 0.162. The number of fused-ring (bicyclic) bond motifs is 1. The van der Waals surface area contributed by atoms with Crippen molar-refractivity contribution in [2.45, 2.75) is 39.7 Å². The third-order valence-corrected chi connectivity index (χ3v) is 3.57. The SMILES string of the molecule is CCCc1cn(CCCO)c2c(C)cc(C(=O)O)cc12. The zero-order chi connectivity index (χ0) is 14.7. The molecule has 2 N–H and O–H groups in total. The predicted octanol–water partition coefficient (Wildman–Crippen LogP) is 2.98. The Labute approximate surface area is 118 Å². The lowest BCUT2D eigenvalue weighted by molar-refractivity contribution is 0.0697. The highest BCUT2D eigenvalue weighted by atomic mass is 16.4. The Balaban J connectivity index is 2.62. The van der Waals surface area contributed by atoms with Crippen molar-refractivity contribution in [3.63, 3.8) is 0 Å². The molecule has 4 heteroatoms. The van der Waals surface area contributed by atoms with Crippen molar-refractivity contribution in [3.05, 3.63) is 35.0 Å². The first-order chi connectivity index (χ1) is 9.58. The van der Waals surface area contributed by atoms with Crippen molar-refractivity contribution < 1.29 is 15.0 Å². The molecule has 108 valence electrons. The second-order valence-corrected chi connectivity index (χ2v) is 5.17. The van der Waals surface area contributed by atoms with E-state index >= 15 is 0 Å². The summed E-state index contributed by atoms with van der Waals surface area (Å²) in [5, 5.41) is 19.2. The molecule has 1 aromatic carbocycles. The first-order valence-corrected chi connectivity index (χ1v) is 7.05. The maximum absolute atomic E-state index is 11.2. The number of aliphatic hydroxyl groups excluding tert-OH is 1. The molecule has 0 unspecified atom stereocenters. The molecule has 0 aliphatic heterocycles. The number of aryl methyl sites for hydroxylation is 3. The van der Waals surface area contributed by atoms with Crippen LogP contribution in [0.15, 0.2) is 18.3 Å². The number of carboxylic acids is 1. The minimum atomic E-state index is -0.888. The number of carbonyl (C=O) groups is 1. The highest BCUT2D eigenvalue weighted by Gasteiger charge is 2.14. The van der Waals surface area contributed by atoms with Gasteiger partial charge < -0.3 is 14.8 Å². The van der Waals surface area contributed by atoms with Crippen LogP contribution < -0.4 is 0 Å². The third kappa shape index (κ3) is 2.70. The minimum Gasteiger partial charge on any atom is -0.478 e. The Morgan fingerprint density at radius 1 is 1.35 bits per heavy atom. The molecule has 4 nitrogen and oxygen atoms in total. The molecule has 2 rings (SSSR count). The van der Waals surface area contributed by atoms with Crippen LogP contribution in [0.1, 0.15) is 41.3 Å². The van der Waals surface area contributed by atoms with Gasteiger partial charge in [0.25, 0.3) is 0 Å². The smallest absolute Gasteiger partial charge is 0.335 e. The van der Waals surface area contributed by atoms with Crippen LogP contribution in [0, 0.1) is 6.92 Å². The van der Waals surface area contributed by atoms with Crippen molar-refractivity contribution in [2.75, 3.05) is 6.61 Å². The van der Waals surface area contributed by atoms with Gasteiger partial charge in [-0.2, -0.15) is 0 Å². The van der Waals surface area contributed by atoms with Gasteiger partial charge in [0.15, 0.2) is 0 Å². The number of rotatable bonds is 6. The van der Waals surface area contributed by atoms with Gasteiger partial charge in [-0.25, -0.2) is 4.79 Å². The summed E-state index contributed by atoms with van der Waals surface area (Å²) < 4.78 is 2.14. The predicted molar refractivity (Wildman–Crippen MR) is 79.3 cm³/mol. The molecular weight excluding hydrogens is 254 g/mol. The quantitative estimate of drug-likeness (QED) is 0.852. The van der Waals surface area contributed by atoms with E-state index in [2.05, 4.69) is 17.7 Å². The zero-order valence-electron chi connectivity index (χ0n) is 12.0. The van der Waals surface area contributed by atoms with Gasteiger partial charge in [0.05, 0.1) is 11.1 Å². The molecular formula is C16H21NO3. The molecule has 1 aromatic heterocycles. The molecule has 0 fully saturated rings. The van der Waals surface area contributed by atoms with Crippen LogP contribution >= 0.6 is 0 Å². The molecule has 0 saturated heterocycles. The summed E-state index contributed by atoms with van der Waals surface area (Å²) in [5.74, 6) is -0.888. The molecule has 0 amide bonds. The van der Waals surface area contributed by atoms with Crippen LogP contribution in [0.2, 0.25) is 0 Å². The van der Waals surface area contributed by atoms with Gasteiger partial charge in [0, 0.05) is 24.7 Å². The van der Waals surface area contributed by atoms with Gasteiger partial charge in [-0.15, -0.1) is 0 Å². The van der Waals surface area contributed by atoms with E-state index in [0.717, 1.165) is 35.9 Å². The second kappa shape index (κ2) is 6.09. The van der Waals surface area contributed by atoms with Crippen molar-refractivity contribution in [3.8, 4) is 0 Å². The molecule has 0 bridgehead atoms. The van der Waals surface area contributed by atoms with E-state index in [4.69, 9.17) is 5.11 Å². The van der Waals surface area contributed by atoms with Crippen LogP contribution in [-0.2, 0) is 13.0 Å². The topological polar surface area (TPSA) is 62.5 Å². The number of aliphatic hydroxyl groups is 1. The van der Waals surface area contributed by atoms with E-state index in [9.17, 15) is 9.90 Å². The number of nitrogens with zero attached hydrogens (tertiary/aromatic N) is 1. The molecule has 0 atom stereocenters. The lowest BCUT2D eigenvalue weighted by Gasteiger charge is -2.07. The largest absolute Gasteiger partial charge is 0.478 e. The van der Waals surface area contributed by atoms with Gasteiger partial charge in [-0.05, 0) is 43.0 Å². The Kier molecular flexibility index (Phi) is 4.45. The summed E-state index contributed by atoms with van der Waals surface area (Å²) in [5.41, 5.74) is 3.59. The van der Waals surface area contributed by atoms with E-state index in [-0.39, 0.29) is 6.61 Å². The van der Waals surface area contributed by atoms with Crippen molar-refractivity contribution in [1.82, 2.24) is 4.57 Å². The number of aromatic nitrogens is 1. The molecule has 0 saturated carbocycles. The van der Waals surface area contributed by atoms with Crippen molar-refractivity contribution in [1.29, 1.82) is 0 Å². The standard InChI is InChI=1S/C16H21NO3/c1-3-5-12-10-17(6-4-7-18)15-11(2)8-13(16(19)20)9-14(12)15/h8-10,18H,3-7H2,1-2H3,(H,19,20). The third-order valence-electron chi connectivity index (χ3n) is 3.57. The van der Waals surface area contributed by atoms with Crippen molar-refractivity contribution in [2.24, 2.45) is 0 Å². The molecule has 0 spiro atoms. The summed E-state index contributed by atoms with van der Waals surface area (Å²) in [7, 11) is 0. The Hall–Kier alpha value is -1.81. The number of benzene rings is 1. The number of carboxylic acid groups (broad SMARTS) is 1. The highest BCUT2D eigenvalue weighted by molar-refractivity contribution is 5.96. The first-order valence-electron chi connectivity index (χ1n) is 7.05. The molecule has 0 aliphatic rings. The fraction of sp³-hybridized carbons (Fsp3) is 0.438. The zero-order valence-corrected chi connectivity index (χ0v) is 12.0. The van der Waals surface area contributed by atoms with Crippen LogP contribution in [-0.4, -0.2) is 27.4 Å². The van der Waals surface area contributed by atoms with Gasteiger partial charge >= 0.3 is 5.97 Å². The summed E-state index contributed by atoms with van der Waals surface area (Å²) in [6.07, 6.45) is 4.76. The van der Waals surface area contributed by atoms with E-state index in [0.29, 0.717) is 12.0 Å². The van der Waals surface area contributed by atoms with Crippen LogP contribution in [0.4, 0.5) is 0 Å². The Morgan fingerprint density at radius 3 is 2.70 bits per heavy atom. The fourth-order valence-corrected chi connectivity index (χ4v) is 2.74. The van der Waals surface area contributed by atoms with E-state index in [1.807, 2.05) is 6.92 Å². The van der Waals surface area contributed by atoms with Crippen LogP contribution in [0.3, 0.4) is 0 Å². The summed E-state index contributed by atoms with van der Waals surface area (Å²) in [6, 6.07) is 3.49. The summed E-state index contributed by atoms with van der Waals surface area (Å²) >= 11 is 0. The molecule has 20 heavy (non-hydrogen) atoms. The van der Waals surface area contributed by atoms with Crippen molar-refractivity contribution >= 4 is 16.9 Å². The monoisotopic (exact) mass is 275 g/mol. The van der Waals surface area contributed by atoms with Crippen LogP contribution in [0.25, 0.3) is 10.9 Å². The van der Waals surface area contributed by atoms with E-state index in [1.54, 1.807) is 12.1 Å². The van der Waals surface area contributed by atoms with Gasteiger partial charge in [-0.3, -0.25) is 0 Å². The molecule has 1 heterocycles. The molecule has 0 aliphatic carbocycles. The second-order valence-electron chi connectivity index (χ2n) is 5.17. The Bertz CT molecular complexity index is 628. The summed E-state index contributed by atoms with van der Waals surface area (Å²) in [6.45, 7) is 4.98. The lowest BCUT2D eigenvalue weighted by Crippen LogP contribution is -2.01. The maximum atomic E-state index is 11.2. The van der Waals surface area contributed by atoms with Gasteiger partial charge in [0.2, 0.25) is 0 Å². The average molecular weight is 275 g/mol. The highest BCUT2D eigenvalue weighted by Crippen LogP contribution is 2.27. The number of hydrogen-bond acceptors (Lipinski definition) is 2. The number of aromatic carboxylic acids is 1. The number of hydrogen-bond donors (Lipinski definition) is 2. The molecule has 0 radical (unpaired) electrons.